The van der Waals surface area contributed by atoms with E-state index in [0.29, 0.717) is 22.8 Å². The fourth-order valence-corrected chi connectivity index (χ4v) is 4.03. The zero-order valence-corrected chi connectivity index (χ0v) is 22.7. The molecule has 3 amide bonds. The zero-order chi connectivity index (χ0) is 26.7. The van der Waals surface area contributed by atoms with Crippen LogP contribution in [0, 0.1) is 6.92 Å². The fourth-order valence-electron chi connectivity index (χ4n) is 3.76. The van der Waals surface area contributed by atoms with E-state index in [1.807, 2.05) is 49.4 Å². The number of benzene rings is 2. The highest BCUT2D eigenvalue weighted by Crippen LogP contribution is 2.29. The highest BCUT2D eigenvalue weighted by molar-refractivity contribution is 6.34. The van der Waals surface area contributed by atoms with E-state index in [0.717, 1.165) is 31.2 Å². The molecule has 0 heterocycles. The van der Waals surface area contributed by atoms with Gasteiger partial charge in [-0.05, 0) is 51.3 Å². The molecule has 2 aromatic rings. The number of carbonyl (C=O) groups is 3. The Balaban J connectivity index is 2.35. The quantitative estimate of drug-likeness (QED) is 0.345. The first-order valence-corrected chi connectivity index (χ1v) is 12.8. The molecular weight excluding hydrogens is 478 g/mol. The second-order valence-electron chi connectivity index (χ2n) is 9.74. The number of aryl methyl sites for hydroxylation is 1. The van der Waals surface area contributed by atoms with Crippen LogP contribution in [0.25, 0.3) is 0 Å². The number of carbonyl (C=O) groups excluding carboxylic acids is 3. The summed E-state index contributed by atoms with van der Waals surface area (Å²) in [5, 5.41) is 5.88. The van der Waals surface area contributed by atoms with E-state index in [2.05, 4.69) is 17.6 Å². The van der Waals surface area contributed by atoms with Crippen LogP contribution in [0.2, 0.25) is 5.02 Å². The van der Waals surface area contributed by atoms with Gasteiger partial charge in [-0.1, -0.05) is 80.3 Å². The molecule has 0 fully saturated rings. The lowest BCUT2D eigenvalue weighted by Gasteiger charge is -2.32. The first-order valence-electron chi connectivity index (χ1n) is 12.4. The summed E-state index contributed by atoms with van der Waals surface area (Å²) in [6.07, 6.45) is 3.04. The van der Waals surface area contributed by atoms with Crippen molar-refractivity contribution >= 4 is 35.2 Å². The number of nitrogens with zero attached hydrogens (tertiary/aromatic N) is 1. The molecule has 0 aromatic heterocycles. The number of amides is 3. The van der Waals surface area contributed by atoms with E-state index in [4.69, 9.17) is 16.3 Å². The van der Waals surface area contributed by atoms with Crippen LogP contribution in [-0.2, 0) is 14.3 Å². The maximum absolute atomic E-state index is 13.7. The van der Waals surface area contributed by atoms with Gasteiger partial charge in [-0.25, -0.2) is 4.79 Å². The van der Waals surface area contributed by atoms with Gasteiger partial charge in [0, 0.05) is 6.54 Å². The minimum atomic E-state index is -0.906. The summed E-state index contributed by atoms with van der Waals surface area (Å²) >= 11 is 6.37. The zero-order valence-electron chi connectivity index (χ0n) is 21.9. The van der Waals surface area contributed by atoms with Gasteiger partial charge < -0.3 is 20.3 Å². The van der Waals surface area contributed by atoms with Gasteiger partial charge in [0.1, 0.15) is 18.2 Å². The molecule has 0 aliphatic heterocycles. The molecule has 8 heteroatoms. The van der Waals surface area contributed by atoms with Crippen LogP contribution in [0.3, 0.4) is 0 Å². The van der Waals surface area contributed by atoms with Crippen LogP contribution in [0.4, 0.5) is 10.5 Å². The summed E-state index contributed by atoms with van der Waals surface area (Å²) in [4.78, 5) is 40.8. The van der Waals surface area contributed by atoms with Gasteiger partial charge in [-0.2, -0.15) is 0 Å². The number of anilines is 1. The Morgan fingerprint density at radius 1 is 1.00 bits per heavy atom. The van der Waals surface area contributed by atoms with E-state index in [-0.39, 0.29) is 18.4 Å². The average molecular weight is 516 g/mol. The van der Waals surface area contributed by atoms with E-state index < -0.39 is 17.7 Å². The van der Waals surface area contributed by atoms with Crippen molar-refractivity contribution in [2.75, 3.05) is 18.4 Å². The Labute approximate surface area is 219 Å². The Hall–Kier alpha value is -3.06. The SMILES string of the molecule is CCCCCCN(C(=O)CNC(=O)OC(C)(C)C)C(C(=O)Nc1c(C)cccc1Cl)c1ccccc1. The van der Waals surface area contributed by atoms with Crippen LogP contribution in [-0.4, -0.2) is 41.5 Å². The van der Waals surface area contributed by atoms with E-state index in [9.17, 15) is 14.4 Å². The van der Waals surface area contributed by atoms with Crippen molar-refractivity contribution in [1.82, 2.24) is 10.2 Å². The van der Waals surface area contributed by atoms with Crippen molar-refractivity contribution in [3.05, 3.63) is 64.7 Å². The molecule has 36 heavy (non-hydrogen) atoms. The molecule has 0 spiro atoms. The van der Waals surface area contributed by atoms with Crippen LogP contribution in [0.15, 0.2) is 48.5 Å². The summed E-state index contributed by atoms with van der Waals surface area (Å²) in [5.41, 5.74) is 1.30. The second kappa shape index (κ2) is 13.9. The topological polar surface area (TPSA) is 87.7 Å². The predicted molar refractivity (Wildman–Crippen MR) is 144 cm³/mol. The van der Waals surface area contributed by atoms with Crippen LogP contribution < -0.4 is 10.6 Å². The minimum absolute atomic E-state index is 0.287. The number of hydrogen-bond acceptors (Lipinski definition) is 4. The maximum Gasteiger partial charge on any atom is 0.408 e. The Morgan fingerprint density at radius 3 is 2.31 bits per heavy atom. The number of halogens is 1. The third-order valence-electron chi connectivity index (χ3n) is 5.50. The van der Waals surface area contributed by atoms with E-state index in [1.54, 1.807) is 26.8 Å². The normalized spacial score (nSPS) is 11.9. The molecule has 196 valence electrons. The minimum Gasteiger partial charge on any atom is -0.444 e. The number of unbranched alkanes of at least 4 members (excludes halogenated alkanes) is 3. The van der Waals surface area contributed by atoms with Gasteiger partial charge in [0.25, 0.3) is 5.91 Å². The summed E-state index contributed by atoms with van der Waals surface area (Å²) in [6, 6.07) is 13.6. The van der Waals surface area contributed by atoms with Crippen molar-refractivity contribution in [2.45, 2.75) is 71.9 Å². The van der Waals surface area contributed by atoms with Crippen molar-refractivity contribution in [2.24, 2.45) is 0 Å². The number of alkyl carbamates (subject to hydrolysis) is 1. The molecule has 0 aliphatic carbocycles. The van der Waals surface area contributed by atoms with Gasteiger partial charge >= 0.3 is 6.09 Å². The summed E-state index contributed by atoms with van der Waals surface area (Å²) in [6.45, 7) is 9.30. The second-order valence-corrected chi connectivity index (χ2v) is 10.1. The van der Waals surface area contributed by atoms with Crippen LogP contribution >= 0.6 is 11.6 Å². The van der Waals surface area contributed by atoms with Crippen molar-refractivity contribution in [1.29, 1.82) is 0 Å². The molecular formula is C28H38ClN3O4. The monoisotopic (exact) mass is 515 g/mol. The molecule has 0 radical (unpaired) electrons. The Bertz CT molecular complexity index is 1000. The molecule has 7 nitrogen and oxygen atoms in total. The first kappa shape index (κ1) is 29.2. The van der Waals surface area contributed by atoms with Crippen LogP contribution in [0.1, 0.15) is 70.5 Å². The lowest BCUT2D eigenvalue weighted by molar-refractivity contribution is -0.138. The largest absolute Gasteiger partial charge is 0.444 e. The molecule has 1 atom stereocenters. The number of ether oxygens (including phenoxy) is 1. The van der Waals surface area contributed by atoms with Crippen molar-refractivity contribution < 1.29 is 19.1 Å². The predicted octanol–water partition coefficient (Wildman–Crippen LogP) is 6.26. The van der Waals surface area contributed by atoms with Gasteiger partial charge in [-0.15, -0.1) is 0 Å². The van der Waals surface area contributed by atoms with Crippen molar-refractivity contribution in [3.8, 4) is 0 Å². The molecule has 2 N–H and O–H groups in total. The van der Waals surface area contributed by atoms with Crippen LogP contribution in [0.5, 0.6) is 0 Å². The average Bonchev–Trinajstić information content (AvgIpc) is 2.81. The van der Waals surface area contributed by atoms with E-state index >= 15 is 0 Å². The lowest BCUT2D eigenvalue weighted by Crippen LogP contribution is -2.47. The Kier molecular flexibility index (Phi) is 11.2. The van der Waals surface area contributed by atoms with Gasteiger partial charge in [0.15, 0.2) is 0 Å². The number of rotatable bonds is 11. The third-order valence-corrected chi connectivity index (χ3v) is 5.82. The number of hydrogen-bond donors (Lipinski definition) is 2. The number of nitrogens with one attached hydrogen (secondary N) is 2. The maximum atomic E-state index is 13.7. The molecule has 0 saturated carbocycles. The third kappa shape index (κ3) is 9.19. The molecule has 0 saturated heterocycles. The summed E-state index contributed by atoms with van der Waals surface area (Å²) in [5.74, 6) is -0.754. The smallest absolute Gasteiger partial charge is 0.408 e. The summed E-state index contributed by atoms with van der Waals surface area (Å²) in [7, 11) is 0. The molecule has 2 aromatic carbocycles. The first-order chi connectivity index (χ1) is 17.0. The molecule has 2 rings (SSSR count). The molecule has 0 aliphatic rings. The number of para-hydroxylation sites is 1. The van der Waals surface area contributed by atoms with Crippen molar-refractivity contribution in [3.63, 3.8) is 0 Å². The summed E-state index contributed by atoms with van der Waals surface area (Å²) < 4.78 is 5.26. The van der Waals surface area contributed by atoms with Gasteiger partial charge in [-0.3, -0.25) is 9.59 Å². The fraction of sp³-hybridized carbons (Fsp3) is 0.464. The Morgan fingerprint density at radius 2 is 1.69 bits per heavy atom. The van der Waals surface area contributed by atoms with Gasteiger partial charge in [0.2, 0.25) is 5.91 Å². The van der Waals surface area contributed by atoms with E-state index in [1.165, 1.54) is 4.90 Å². The highest BCUT2D eigenvalue weighted by Gasteiger charge is 2.32. The van der Waals surface area contributed by atoms with Gasteiger partial charge in [0.05, 0.1) is 10.7 Å². The standard InChI is InChI=1S/C28H38ClN3O4/c1-6-7-8-12-18-32(23(33)19-30-27(35)36-28(3,4)5)25(21-15-10-9-11-16-21)26(34)31-24-20(2)14-13-17-22(24)29/h9-11,13-17,25H,6-8,12,18-19H2,1-5H3,(H,30,35)(H,31,34). The molecule has 1 unspecified atom stereocenters. The lowest BCUT2D eigenvalue weighted by atomic mass is 10.0. The molecule has 0 bridgehead atoms. The highest BCUT2D eigenvalue weighted by atomic mass is 35.5.